The fourth-order valence-electron chi connectivity index (χ4n) is 3.10. The third kappa shape index (κ3) is 4.02. The Bertz CT molecular complexity index is 764. The lowest BCUT2D eigenvalue weighted by Crippen LogP contribution is -2.49. The van der Waals surface area contributed by atoms with Crippen molar-refractivity contribution >= 4 is 11.7 Å². The molecule has 1 aliphatic heterocycles. The molecule has 1 aromatic heterocycles. The first-order chi connectivity index (χ1) is 12.5. The Labute approximate surface area is 155 Å². The smallest absolute Gasteiger partial charge is 0.253 e. The second kappa shape index (κ2) is 7.83. The Morgan fingerprint density at radius 3 is 2.35 bits per heavy atom. The lowest BCUT2D eigenvalue weighted by molar-refractivity contribution is 0.0746. The first-order valence-corrected chi connectivity index (χ1v) is 9.16. The summed E-state index contributed by atoms with van der Waals surface area (Å²) in [4.78, 5) is 26.1. The topological polar surface area (TPSA) is 75.3 Å². The number of aromatic nitrogens is 2. The van der Waals surface area contributed by atoms with Crippen molar-refractivity contribution in [2.24, 2.45) is 5.73 Å². The van der Waals surface area contributed by atoms with Crippen LogP contribution in [0.25, 0.3) is 0 Å². The number of hydrogen-bond donors (Lipinski definition) is 1. The standard InChI is InChI=1S/C20H27N5O/c1-14(2)19-22-15(3)12-18(23-19)24-8-10-25(11-9-24)20(26)17-6-4-16(13-21)5-7-17/h4-7,12,14H,8-11,13,21H2,1-3H3. The van der Waals surface area contributed by atoms with E-state index in [1.807, 2.05) is 42.2 Å². The molecular formula is C20H27N5O. The van der Waals surface area contributed by atoms with Crippen molar-refractivity contribution in [2.45, 2.75) is 33.2 Å². The molecule has 1 saturated heterocycles. The van der Waals surface area contributed by atoms with Gasteiger partial charge in [-0.05, 0) is 24.6 Å². The quantitative estimate of drug-likeness (QED) is 0.913. The summed E-state index contributed by atoms with van der Waals surface area (Å²) in [5.74, 6) is 2.21. The van der Waals surface area contributed by atoms with E-state index >= 15 is 0 Å². The van der Waals surface area contributed by atoms with Gasteiger partial charge in [0.1, 0.15) is 11.6 Å². The number of aryl methyl sites for hydroxylation is 1. The Hall–Kier alpha value is -2.47. The lowest BCUT2D eigenvalue weighted by atomic mass is 10.1. The Morgan fingerprint density at radius 1 is 1.12 bits per heavy atom. The summed E-state index contributed by atoms with van der Waals surface area (Å²) >= 11 is 0. The fourth-order valence-corrected chi connectivity index (χ4v) is 3.10. The van der Waals surface area contributed by atoms with Crippen LogP contribution in [0.15, 0.2) is 30.3 Å². The first kappa shape index (κ1) is 18.3. The molecule has 2 heterocycles. The highest BCUT2D eigenvalue weighted by molar-refractivity contribution is 5.94. The van der Waals surface area contributed by atoms with Crippen LogP contribution >= 0.6 is 0 Å². The predicted octanol–water partition coefficient (Wildman–Crippen LogP) is 2.33. The van der Waals surface area contributed by atoms with Crippen LogP contribution in [-0.2, 0) is 6.54 Å². The molecule has 6 nitrogen and oxygen atoms in total. The fraction of sp³-hybridized carbons (Fsp3) is 0.450. The summed E-state index contributed by atoms with van der Waals surface area (Å²) in [6.45, 7) is 9.64. The van der Waals surface area contributed by atoms with E-state index in [0.717, 1.165) is 41.6 Å². The molecule has 0 spiro atoms. The molecule has 26 heavy (non-hydrogen) atoms. The second-order valence-corrected chi connectivity index (χ2v) is 7.06. The minimum absolute atomic E-state index is 0.0787. The van der Waals surface area contributed by atoms with E-state index in [2.05, 4.69) is 23.7 Å². The summed E-state index contributed by atoms with van der Waals surface area (Å²) in [5, 5.41) is 0. The van der Waals surface area contributed by atoms with E-state index in [0.29, 0.717) is 25.6 Å². The van der Waals surface area contributed by atoms with Crippen LogP contribution in [0.1, 0.15) is 47.2 Å². The van der Waals surface area contributed by atoms with Crippen LogP contribution in [0.5, 0.6) is 0 Å². The van der Waals surface area contributed by atoms with Crippen molar-refractivity contribution in [1.82, 2.24) is 14.9 Å². The van der Waals surface area contributed by atoms with Gasteiger partial charge in [-0.3, -0.25) is 4.79 Å². The third-order valence-electron chi connectivity index (χ3n) is 4.70. The molecule has 0 atom stereocenters. The van der Waals surface area contributed by atoms with Gasteiger partial charge in [-0.15, -0.1) is 0 Å². The molecule has 0 unspecified atom stereocenters. The molecule has 0 radical (unpaired) electrons. The Morgan fingerprint density at radius 2 is 1.77 bits per heavy atom. The number of benzene rings is 1. The van der Waals surface area contributed by atoms with Gasteiger partial charge in [0.05, 0.1) is 0 Å². The van der Waals surface area contributed by atoms with Gasteiger partial charge in [0.25, 0.3) is 5.91 Å². The third-order valence-corrected chi connectivity index (χ3v) is 4.70. The maximum Gasteiger partial charge on any atom is 0.253 e. The highest BCUT2D eigenvalue weighted by atomic mass is 16.2. The zero-order valence-electron chi connectivity index (χ0n) is 15.8. The SMILES string of the molecule is Cc1cc(N2CCN(C(=O)c3ccc(CN)cc3)CC2)nc(C(C)C)n1. The number of anilines is 1. The molecule has 0 saturated carbocycles. The van der Waals surface area contributed by atoms with E-state index in [4.69, 9.17) is 10.7 Å². The molecule has 3 rings (SSSR count). The van der Waals surface area contributed by atoms with E-state index in [-0.39, 0.29) is 5.91 Å². The zero-order chi connectivity index (χ0) is 18.7. The van der Waals surface area contributed by atoms with Gasteiger partial charge in [-0.1, -0.05) is 26.0 Å². The summed E-state index contributed by atoms with van der Waals surface area (Å²) in [5.41, 5.74) is 8.35. The van der Waals surface area contributed by atoms with E-state index in [1.54, 1.807) is 0 Å². The van der Waals surface area contributed by atoms with Crippen LogP contribution in [0, 0.1) is 6.92 Å². The average Bonchev–Trinajstić information content (AvgIpc) is 2.67. The van der Waals surface area contributed by atoms with Crippen molar-refractivity contribution < 1.29 is 4.79 Å². The van der Waals surface area contributed by atoms with Gasteiger partial charge in [-0.2, -0.15) is 0 Å². The van der Waals surface area contributed by atoms with E-state index in [1.165, 1.54) is 0 Å². The van der Waals surface area contributed by atoms with Crippen molar-refractivity contribution in [3.8, 4) is 0 Å². The highest BCUT2D eigenvalue weighted by Crippen LogP contribution is 2.19. The Kier molecular flexibility index (Phi) is 5.52. The van der Waals surface area contributed by atoms with Crippen molar-refractivity contribution in [3.05, 3.63) is 53.0 Å². The van der Waals surface area contributed by atoms with Gasteiger partial charge < -0.3 is 15.5 Å². The average molecular weight is 353 g/mol. The van der Waals surface area contributed by atoms with Crippen LogP contribution in [0.4, 0.5) is 5.82 Å². The van der Waals surface area contributed by atoms with Gasteiger partial charge >= 0.3 is 0 Å². The molecule has 0 bridgehead atoms. The number of carbonyl (C=O) groups excluding carboxylic acids is 1. The summed E-state index contributed by atoms with van der Waals surface area (Å²) in [6, 6.07) is 9.58. The van der Waals surface area contributed by atoms with E-state index in [9.17, 15) is 4.79 Å². The number of carbonyl (C=O) groups is 1. The van der Waals surface area contributed by atoms with Crippen molar-refractivity contribution in [1.29, 1.82) is 0 Å². The van der Waals surface area contributed by atoms with Gasteiger partial charge in [0.2, 0.25) is 0 Å². The van der Waals surface area contributed by atoms with Crippen LogP contribution in [0.3, 0.4) is 0 Å². The lowest BCUT2D eigenvalue weighted by Gasteiger charge is -2.35. The molecule has 6 heteroatoms. The number of piperazine rings is 1. The molecule has 1 amide bonds. The molecule has 1 aliphatic rings. The van der Waals surface area contributed by atoms with Crippen LogP contribution in [-0.4, -0.2) is 47.0 Å². The van der Waals surface area contributed by atoms with Crippen LogP contribution in [0.2, 0.25) is 0 Å². The zero-order valence-corrected chi connectivity index (χ0v) is 15.8. The van der Waals surface area contributed by atoms with Gasteiger partial charge in [-0.25, -0.2) is 9.97 Å². The largest absolute Gasteiger partial charge is 0.353 e. The van der Waals surface area contributed by atoms with E-state index < -0.39 is 0 Å². The number of rotatable bonds is 4. The minimum Gasteiger partial charge on any atom is -0.353 e. The molecule has 2 N–H and O–H groups in total. The second-order valence-electron chi connectivity index (χ2n) is 7.06. The van der Waals surface area contributed by atoms with Crippen molar-refractivity contribution in [3.63, 3.8) is 0 Å². The number of nitrogens with zero attached hydrogens (tertiary/aromatic N) is 4. The molecule has 138 valence electrons. The number of hydrogen-bond acceptors (Lipinski definition) is 5. The normalized spacial score (nSPS) is 14.8. The molecular weight excluding hydrogens is 326 g/mol. The monoisotopic (exact) mass is 353 g/mol. The molecule has 0 aliphatic carbocycles. The Balaban J connectivity index is 1.66. The highest BCUT2D eigenvalue weighted by Gasteiger charge is 2.23. The maximum absolute atomic E-state index is 12.7. The number of nitrogens with two attached hydrogens (primary N) is 1. The van der Waals surface area contributed by atoms with Crippen LogP contribution < -0.4 is 10.6 Å². The number of amides is 1. The van der Waals surface area contributed by atoms with Gasteiger partial charge in [0, 0.05) is 56.0 Å². The predicted molar refractivity (Wildman–Crippen MR) is 103 cm³/mol. The summed E-state index contributed by atoms with van der Waals surface area (Å²) in [6.07, 6.45) is 0. The molecule has 1 fully saturated rings. The minimum atomic E-state index is 0.0787. The van der Waals surface area contributed by atoms with Gasteiger partial charge in [0.15, 0.2) is 0 Å². The summed E-state index contributed by atoms with van der Waals surface area (Å²) in [7, 11) is 0. The molecule has 1 aromatic carbocycles. The summed E-state index contributed by atoms with van der Waals surface area (Å²) < 4.78 is 0. The molecule has 2 aromatic rings. The van der Waals surface area contributed by atoms with Crippen molar-refractivity contribution in [2.75, 3.05) is 31.1 Å². The first-order valence-electron chi connectivity index (χ1n) is 9.16. The maximum atomic E-state index is 12.7.